The number of rotatable bonds is 51. The minimum Gasteiger partial charge on any atom is -0.172 e. The van der Waals surface area contributed by atoms with Crippen molar-refractivity contribution >= 4 is 113 Å². The molecule has 0 atom stereocenters. The van der Waals surface area contributed by atoms with Crippen molar-refractivity contribution in [3.05, 3.63) is 165 Å². The molecule has 0 saturated heterocycles. The van der Waals surface area contributed by atoms with E-state index in [1.54, 1.807) is 22.3 Å². The van der Waals surface area contributed by atoms with Gasteiger partial charge >= 0.3 is 0 Å². The second-order valence-corrected chi connectivity index (χ2v) is 42.2. The van der Waals surface area contributed by atoms with Crippen LogP contribution in [0, 0.1) is 13.8 Å². The molecule has 112 heavy (non-hydrogen) atoms. The van der Waals surface area contributed by atoms with E-state index < -0.39 is 0 Å². The number of hydrogen-bond acceptors (Lipinski definition) is 11. The van der Waals surface area contributed by atoms with Crippen LogP contribution in [-0.2, 0) is 31.1 Å². The molecule has 0 bridgehead atoms. The Labute approximate surface area is 712 Å². The van der Waals surface area contributed by atoms with Crippen LogP contribution in [0.1, 0.15) is 329 Å². The van der Waals surface area contributed by atoms with Crippen LogP contribution in [0.5, 0.6) is 0 Å². The van der Waals surface area contributed by atoms with Gasteiger partial charge in [-0.3, -0.25) is 0 Å². The molecule has 0 saturated carbocycles. The maximum Gasteiger partial charge on any atom is 0.114 e. The lowest BCUT2D eigenvalue weighted by Crippen LogP contribution is -2.25. The number of aryl methyl sites for hydroxylation is 6. The van der Waals surface area contributed by atoms with Crippen LogP contribution in [0.15, 0.2) is 121 Å². The van der Waals surface area contributed by atoms with Crippen LogP contribution in [0.4, 0.5) is 0 Å². The van der Waals surface area contributed by atoms with E-state index in [1.807, 2.05) is 79.4 Å². The van der Waals surface area contributed by atoms with Crippen LogP contribution >= 0.6 is 102 Å². The Morgan fingerprint density at radius 1 is 0.250 bits per heavy atom. The highest BCUT2D eigenvalue weighted by Crippen LogP contribution is 2.57. The summed E-state index contributed by atoms with van der Waals surface area (Å²) in [5.74, 6) is 0. The third-order valence-electron chi connectivity index (χ3n) is 24.0. The molecule has 13 rings (SSSR count). The van der Waals surface area contributed by atoms with Gasteiger partial charge in [0.1, 0.15) is 11.0 Å². The van der Waals surface area contributed by atoms with Crippen LogP contribution in [-0.4, -0.2) is 8.75 Å². The van der Waals surface area contributed by atoms with Crippen molar-refractivity contribution in [3.63, 3.8) is 0 Å². The van der Waals surface area contributed by atoms with E-state index in [9.17, 15) is 0 Å². The molecule has 11 heteroatoms. The molecular formula is C101H128N2S9. The number of fused-ring (bicyclic) bond motifs is 4. The molecule has 3 aromatic carbocycles. The highest BCUT2D eigenvalue weighted by molar-refractivity contribution is 7.30. The molecule has 0 spiro atoms. The van der Waals surface area contributed by atoms with Crippen molar-refractivity contribution in [1.29, 1.82) is 0 Å². The molecule has 12 aromatic rings. The first-order valence-corrected chi connectivity index (χ1v) is 51.8. The van der Waals surface area contributed by atoms with Gasteiger partial charge in [0.05, 0.1) is 11.7 Å². The third-order valence-corrected chi connectivity index (χ3v) is 34.7. The monoisotopic (exact) mass is 1660 g/mol. The smallest absolute Gasteiger partial charge is 0.114 e. The lowest BCUT2D eigenvalue weighted by molar-refractivity contribution is 0.398. The molecule has 9 aromatic heterocycles. The van der Waals surface area contributed by atoms with E-state index in [2.05, 4.69) is 188 Å². The normalized spacial score (nSPS) is 12.6. The first-order valence-electron chi connectivity index (χ1n) is 44.5. The van der Waals surface area contributed by atoms with Gasteiger partial charge in [-0.1, -0.05) is 295 Å². The zero-order valence-corrected chi connectivity index (χ0v) is 76.7. The zero-order chi connectivity index (χ0) is 77.4. The summed E-state index contributed by atoms with van der Waals surface area (Å²) in [5.41, 5.74) is 19.7. The largest absolute Gasteiger partial charge is 0.172 e. The van der Waals surface area contributed by atoms with Gasteiger partial charge in [0, 0.05) is 94.6 Å². The predicted octanol–water partition coefficient (Wildman–Crippen LogP) is 37.2. The average molecular weight is 1660 g/mol. The maximum absolute atomic E-state index is 5.21. The Balaban J connectivity index is 0.783. The number of nitrogens with zero attached hydrogens (tertiary/aromatic N) is 2. The van der Waals surface area contributed by atoms with Gasteiger partial charge in [-0.15, -0.1) is 90.7 Å². The minimum atomic E-state index is 0.0604. The third kappa shape index (κ3) is 21.5. The average Bonchev–Trinajstić information content (AvgIpc) is 1.56. The van der Waals surface area contributed by atoms with Crippen molar-refractivity contribution in [1.82, 2.24) is 8.75 Å². The molecule has 9 heterocycles. The first kappa shape index (κ1) is 85.0. The summed E-state index contributed by atoms with van der Waals surface area (Å²) in [4.78, 5) is 22.5. The molecule has 0 amide bonds. The Bertz CT molecular complexity index is 4820. The van der Waals surface area contributed by atoms with Gasteiger partial charge in [0.2, 0.25) is 0 Å². The fourth-order valence-corrected chi connectivity index (χ4v) is 27.8. The first-order chi connectivity index (χ1) is 55.1. The van der Waals surface area contributed by atoms with Crippen molar-refractivity contribution in [3.8, 4) is 101 Å². The molecule has 2 nitrogen and oxygen atoms in total. The Morgan fingerprint density at radius 3 is 0.946 bits per heavy atom. The minimum absolute atomic E-state index is 0.0604. The van der Waals surface area contributed by atoms with Crippen molar-refractivity contribution in [2.45, 2.75) is 330 Å². The lowest BCUT2D eigenvalue weighted by Gasteiger charge is -2.33. The quantitative estimate of drug-likeness (QED) is 0.0355. The van der Waals surface area contributed by atoms with Crippen molar-refractivity contribution < 1.29 is 0 Å². The number of unbranched alkanes of at least 4 members (excludes halogenated alkanes) is 30. The van der Waals surface area contributed by atoms with Crippen molar-refractivity contribution in [2.75, 3.05) is 0 Å². The van der Waals surface area contributed by atoms with Gasteiger partial charge in [0.15, 0.2) is 0 Å². The Hall–Kier alpha value is -4.92. The number of aromatic nitrogens is 2. The molecule has 0 radical (unpaired) electrons. The van der Waals surface area contributed by atoms with Crippen molar-refractivity contribution in [2.24, 2.45) is 0 Å². The van der Waals surface area contributed by atoms with Gasteiger partial charge in [-0.25, -0.2) is 0 Å². The SMILES string of the molecule is CCCCCCCCc1cc(C)sc1-c1ccc(-c2ccc(-c3sc(-c4ccc(-c5cc(CCCCCCCC)c(-c6ccc(-c7ccc(-c8sc(-c9ccc%10c(c9)C(CCCCCCCC)(CCCCCCCC)c9cc(C)ccc9-%10)cc8CCCCCCCC)s7)s6)s5)c5nsnc45)cc3CCCCCCCC)s2)s1. The summed E-state index contributed by atoms with van der Waals surface area (Å²) in [5, 5.41) is 0. The van der Waals surface area contributed by atoms with Crippen LogP contribution in [0.3, 0.4) is 0 Å². The molecular weight excluding hydrogens is 1530 g/mol. The summed E-state index contributed by atoms with van der Waals surface area (Å²) in [6.45, 7) is 18.6. The molecule has 0 fully saturated rings. The van der Waals surface area contributed by atoms with E-state index in [1.165, 1.54) is 385 Å². The second kappa shape index (κ2) is 43.5. The summed E-state index contributed by atoms with van der Waals surface area (Å²) in [6.07, 6.45) is 54.5. The number of hydrogen-bond donors (Lipinski definition) is 0. The van der Waals surface area contributed by atoms with Gasteiger partial charge < -0.3 is 0 Å². The van der Waals surface area contributed by atoms with E-state index >= 15 is 0 Å². The van der Waals surface area contributed by atoms with Crippen LogP contribution in [0.2, 0.25) is 0 Å². The molecule has 1 aliphatic rings. The van der Waals surface area contributed by atoms with Crippen LogP contribution < -0.4 is 0 Å². The maximum atomic E-state index is 5.21. The summed E-state index contributed by atoms with van der Waals surface area (Å²) in [6, 6.07) is 49.7. The second-order valence-electron chi connectivity index (χ2n) is 32.9. The highest BCUT2D eigenvalue weighted by atomic mass is 32.1. The Morgan fingerprint density at radius 2 is 0.554 bits per heavy atom. The number of thiophene rings is 8. The topological polar surface area (TPSA) is 25.8 Å². The van der Waals surface area contributed by atoms with E-state index in [0.29, 0.717) is 0 Å². The molecule has 0 unspecified atom stereocenters. The highest BCUT2D eigenvalue weighted by Gasteiger charge is 2.43. The standard InChI is InChI=1S/C101H128N2S9/c1-9-15-21-27-33-39-45-74-66-72(8)104-97(74)88-59-55-84(105-88)85-57-61-90(107-85)99-76(47-41-35-29-23-17-11-3)69-93(110-99)80-53-54-81(96-95(80)102-112-103-96)94-70-77(48-42-36-30-24-18-12-4)100(111-94)91-62-58-87(108-91)86-56-60-89(106-86)98-75(46-40-34-28-22-16-10-2)68-92(109-98)73-50-52-79-78-51-49-71(7)65-82(78)101(83(79)67-73,63-43-37-31-25-19-13-5)64-44-38-32-26-20-14-6/h49-62,65-70H,9-48,63-64H2,1-8H3. The van der Waals surface area contributed by atoms with Crippen LogP contribution in [0.25, 0.3) is 112 Å². The number of benzene rings is 3. The van der Waals surface area contributed by atoms with E-state index in [4.69, 9.17) is 8.75 Å². The molecule has 0 N–H and O–H groups in total. The van der Waals surface area contributed by atoms with E-state index in [0.717, 1.165) is 30.3 Å². The zero-order valence-electron chi connectivity index (χ0n) is 69.3. The lowest BCUT2D eigenvalue weighted by atomic mass is 9.70. The summed E-state index contributed by atoms with van der Waals surface area (Å²) >= 11 is 17.4. The van der Waals surface area contributed by atoms with E-state index in [-0.39, 0.29) is 5.41 Å². The fourth-order valence-electron chi connectivity index (χ4n) is 17.7. The van der Waals surface area contributed by atoms with Gasteiger partial charge in [-0.05, 0) is 207 Å². The van der Waals surface area contributed by atoms with Gasteiger partial charge in [-0.2, -0.15) is 8.75 Å². The van der Waals surface area contributed by atoms with Gasteiger partial charge in [0.25, 0.3) is 0 Å². The molecule has 0 aliphatic heterocycles. The summed E-state index contributed by atoms with van der Waals surface area (Å²) in [7, 11) is 0. The Kier molecular flexibility index (Phi) is 33.0. The predicted molar refractivity (Wildman–Crippen MR) is 509 cm³/mol. The fraction of sp³-hybridized carbons (Fsp3) is 0.505. The molecule has 596 valence electrons. The molecule has 1 aliphatic carbocycles. The summed E-state index contributed by atoms with van der Waals surface area (Å²) < 4.78 is 10.4.